The van der Waals surface area contributed by atoms with Gasteiger partial charge in [-0.1, -0.05) is 57.6 Å². The topological polar surface area (TPSA) is 49.3 Å². The van der Waals surface area contributed by atoms with Gasteiger partial charge in [0, 0.05) is 35.7 Å². The Labute approximate surface area is 183 Å². The highest BCUT2D eigenvalue weighted by molar-refractivity contribution is 6.31. The van der Waals surface area contributed by atoms with Gasteiger partial charge in [0.05, 0.1) is 0 Å². The molecule has 1 saturated carbocycles. The first-order valence-electron chi connectivity index (χ1n) is 10.3. The summed E-state index contributed by atoms with van der Waals surface area (Å²) in [6.45, 7) is 10.2. The molecule has 3 nitrogen and oxygen atoms in total. The van der Waals surface area contributed by atoms with Gasteiger partial charge in [-0.15, -0.1) is 0 Å². The van der Waals surface area contributed by atoms with Crippen molar-refractivity contribution in [1.29, 1.82) is 0 Å². The summed E-state index contributed by atoms with van der Waals surface area (Å²) < 4.78 is 41.6. The maximum absolute atomic E-state index is 13.9. The monoisotopic (exact) mass is 447 g/mol. The first-order valence-corrected chi connectivity index (χ1v) is 10.7. The van der Waals surface area contributed by atoms with E-state index in [-0.39, 0.29) is 35.2 Å². The van der Waals surface area contributed by atoms with Crippen LogP contribution in [0.1, 0.15) is 71.9 Å². The smallest absolute Gasteiger partial charge is 0.396 e. The molecule has 30 heavy (non-hydrogen) atoms. The summed E-state index contributed by atoms with van der Waals surface area (Å²) in [4.78, 5) is 11.5. The Morgan fingerprint density at radius 2 is 1.80 bits per heavy atom. The van der Waals surface area contributed by atoms with Crippen molar-refractivity contribution in [3.05, 3.63) is 28.3 Å². The molecule has 2 N–H and O–H groups in total. The fourth-order valence-corrected chi connectivity index (χ4v) is 2.66. The Morgan fingerprint density at radius 1 is 1.27 bits per heavy atom. The molecule has 7 heteroatoms. The highest BCUT2D eigenvalue weighted by atomic mass is 35.5. The number of carbonyl (C=O) groups excluding carboxylic acids is 1. The van der Waals surface area contributed by atoms with Crippen molar-refractivity contribution in [2.45, 2.75) is 78.8 Å². The number of aliphatic hydroxyl groups is 1. The molecule has 1 aliphatic rings. The molecule has 0 aliphatic heterocycles. The lowest BCUT2D eigenvalue weighted by Crippen LogP contribution is -2.39. The lowest BCUT2D eigenvalue weighted by molar-refractivity contribution is -0.167. The van der Waals surface area contributed by atoms with Crippen LogP contribution in [0.15, 0.2) is 12.1 Å². The van der Waals surface area contributed by atoms with Crippen LogP contribution in [0.5, 0.6) is 0 Å². The van der Waals surface area contributed by atoms with Crippen molar-refractivity contribution < 1.29 is 23.1 Å². The number of benzene rings is 1. The second-order valence-corrected chi connectivity index (χ2v) is 7.42. The molecule has 1 atom stereocenters. The molecule has 1 aromatic rings. The summed E-state index contributed by atoms with van der Waals surface area (Å²) >= 11 is 6.11. The second kappa shape index (κ2) is 12.9. The molecule has 0 aromatic heterocycles. The fraction of sp³-hybridized carbons (Fsp3) is 0.609. The van der Waals surface area contributed by atoms with Gasteiger partial charge in [0.25, 0.3) is 0 Å². The van der Waals surface area contributed by atoms with Crippen LogP contribution in [-0.2, 0) is 16.6 Å². The number of rotatable bonds is 4. The number of amides is 1. The Bertz CT molecular complexity index is 749. The molecule has 0 unspecified atom stereocenters. The normalized spacial score (nSPS) is 14.6. The van der Waals surface area contributed by atoms with Crippen LogP contribution in [0.2, 0.25) is 5.02 Å². The van der Waals surface area contributed by atoms with E-state index in [4.69, 9.17) is 16.7 Å². The van der Waals surface area contributed by atoms with Crippen molar-refractivity contribution in [3.8, 4) is 11.8 Å². The van der Waals surface area contributed by atoms with Gasteiger partial charge < -0.3 is 10.4 Å². The molecular formula is C23H33ClF3NO2. The first-order chi connectivity index (χ1) is 14.0. The highest BCUT2D eigenvalue weighted by Gasteiger charge is 2.53. The quantitative estimate of drug-likeness (QED) is 0.517. The number of halogens is 4. The molecule has 0 spiro atoms. The molecule has 0 bridgehead atoms. The number of nitrogens with one attached hydrogen (secondary N) is 1. The summed E-state index contributed by atoms with van der Waals surface area (Å²) in [6, 6.07) is 2.56. The number of hydrogen-bond acceptors (Lipinski definition) is 2. The average molecular weight is 448 g/mol. The van der Waals surface area contributed by atoms with E-state index in [1.54, 1.807) is 0 Å². The minimum Gasteiger partial charge on any atom is -0.396 e. The average Bonchev–Trinajstić information content (AvgIpc) is 3.48. The molecule has 0 radical (unpaired) electrons. The number of aliphatic hydroxyl groups excluding tert-OH is 1. The van der Waals surface area contributed by atoms with Crippen molar-refractivity contribution in [3.63, 3.8) is 0 Å². The predicted octanol–water partition coefficient (Wildman–Crippen LogP) is 6.51. The molecule has 1 fully saturated rings. The van der Waals surface area contributed by atoms with Gasteiger partial charge in [0.2, 0.25) is 5.91 Å². The van der Waals surface area contributed by atoms with Gasteiger partial charge in [-0.25, -0.2) is 0 Å². The summed E-state index contributed by atoms with van der Waals surface area (Å²) in [5.74, 6) is 4.54. The van der Waals surface area contributed by atoms with Crippen LogP contribution in [-0.4, -0.2) is 23.8 Å². The van der Waals surface area contributed by atoms with Gasteiger partial charge in [-0.2, -0.15) is 13.2 Å². The largest absolute Gasteiger partial charge is 0.408 e. The van der Waals surface area contributed by atoms with E-state index in [0.717, 1.165) is 19.8 Å². The van der Waals surface area contributed by atoms with E-state index < -0.39 is 17.5 Å². The summed E-state index contributed by atoms with van der Waals surface area (Å²) in [5, 5.41) is 11.6. The first kappa shape index (κ1) is 28.3. The fourth-order valence-electron chi connectivity index (χ4n) is 2.40. The molecule has 1 amide bonds. The van der Waals surface area contributed by atoms with Gasteiger partial charge >= 0.3 is 6.18 Å². The van der Waals surface area contributed by atoms with Gasteiger partial charge in [-0.05, 0) is 43.9 Å². The van der Waals surface area contributed by atoms with E-state index in [9.17, 15) is 18.0 Å². The molecular weight excluding hydrogens is 415 g/mol. The van der Waals surface area contributed by atoms with E-state index in [1.165, 1.54) is 25.5 Å². The Balaban J connectivity index is 0.00000154. The van der Waals surface area contributed by atoms with Crippen molar-refractivity contribution >= 4 is 23.2 Å². The van der Waals surface area contributed by atoms with Crippen LogP contribution in [0.4, 0.5) is 18.9 Å². The summed E-state index contributed by atoms with van der Waals surface area (Å²) in [7, 11) is 0. The van der Waals surface area contributed by atoms with Crippen molar-refractivity contribution in [2.75, 3.05) is 11.9 Å². The maximum Gasteiger partial charge on any atom is 0.408 e. The third-order valence-corrected chi connectivity index (χ3v) is 4.44. The van der Waals surface area contributed by atoms with Crippen LogP contribution >= 0.6 is 11.6 Å². The van der Waals surface area contributed by atoms with E-state index in [2.05, 4.69) is 31.0 Å². The van der Waals surface area contributed by atoms with Crippen molar-refractivity contribution in [1.82, 2.24) is 0 Å². The zero-order chi connectivity index (χ0) is 23.5. The predicted molar refractivity (Wildman–Crippen MR) is 118 cm³/mol. The number of carbonyl (C=O) groups is 1. The van der Waals surface area contributed by atoms with E-state index in [1.807, 2.05) is 13.8 Å². The summed E-state index contributed by atoms with van der Waals surface area (Å²) in [5.41, 5.74) is -2.20. The number of alkyl halides is 3. The third kappa shape index (κ3) is 8.20. The Kier molecular flexibility index (Phi) is 12.1. The lowest BCUT2D eigenvalue weighted by Gasteiger charge is -2.30. The van der Waals surface area contributed by atoms with Crippen molar-refractivity contribution in [2.24, 2.45) is 5.92 Å². The molecule has 170 valence electrons. The molecule has 0 heterocycles. The van der Waals surface area contributed by atoms with Crippen LogP contribution in [0, 0.1) is 17.8 Å². The second-order valence-electron chi connectivity index (χ2n) is 7.02. The van der Waals surface area contributed by atoms with Gasteiger partial charge in [-0.3, -0.25) is 4.79 Å². The highest BCUT2D eigenvalue weighted by Crippen LogP contribution is 2.45. The lowest BCUT2D eigenvalue weighted by atomic mass is 9.80. The van der Waals surface area contributed by atoms with Crippen LogP contribution in [0.3, 0.4) is 0 Å². The zero-order valence-corrected chi connectivity index (χ0v) is 19.4. The third-order valence-electron chi connectivity index (χ3n) is 4.09. The zero-order valence-electron chi connectivity index (χ0n) is 18.6. The SMILES string of the molecule is CC.CC(=O)Nc1cc(CCO)c(Cl)cc1[C@@](C)(C#CC1CC1)C(F)(F)F.CCC. The molecule has 2 rings (SSSR count). The van der Waals surface area contributed by atoms with E-state index in [0.29, 0.717) is 5.56 Å². The summed E-state index contributed by atoms with van der Waals surface area (Å²) in [6.07, 6.45) is -1.63. The minimum atomic E-state index is -4.65. The molecule has 0 saturated heterocycles. The Hall–Kier alpha value is -1.71. The van der Waals surface area contributed by atoms with Gasteiger partial charge in [0.1, 0.15) is 0 Å². The van der Waals surface area contributed by atoms with Gasteiger partial charge in [0.15, 0.2) is 5.41 Å². The molecule has 1 aromatic carbocycles. The van der Waals surface area contributed by atoms with Crippen LogP contribution < -0.4 is 5.32 Å². The number of anilines is 1. The Morgan fingerprint density at radius 3 is 2.20 bits per heavy atom. The van der Waals surface area contributed by atoms with E-state index >= 15 is 0 Å². The minimum absolute atomic E-state index is 0.00461. The maximum atomic E-state index is 13.9. The molecule has 1 aliphatic carbocycles. The number of hydrogen-bond donors (Lipinski definition) is 2. The van der Waals surface area contributed by atoms with Crippen LogP contribution in [0.25, 0.3) is 0 Å². The standard InChI is InChI=1S/C18H19ClF3NO2.C3H8.C2H6/c1-11(25)23-16-9-13(6-8-24)15(19)10-14(16)17(2,18(20,21)22)7-5-12-3-4-12;1-3-2;1-2/h9-10,12,24H,3-4,6,8H2,1-2H3,(H,23,25);3H2,1-2H3;1-2H3/t17-;;/m1../s1.